The van der Waals surface area contributed by atoms with E-state index >= 15 is 0 Å². The predicted molar refractivity (Wildman–Crippen MR) is 87.2 cm³/mol. The Balaban J connectivity index is 2.13. The summed E-state index contributed by atoms with van der Waals surface area (Å²) in [5.74, 6) is 1.26. The molecule has 1 fully saturated rings. The minimum Gasteiger partial charge on any atom is -0.207 e. The summed E-state index contributed by atoms with van der Waals surface area (Å²) >= 11 is 5.70. The molecule has 0 unspecified atom stereocenters. The van der Waals surface area contributed by atoms with Gasteiger partial charge in [-0.15, -0.1) is 11.6 Å². The van der Waals surface area contributed by atoms with Gasteiger partial charge in [-0.3, -0.25) is 0 Å². The topological polar surface area (TPSA) is 37.4 Å². The van der Waals surface area contributed by atoms with Gasteiger partial charge in [-0.1, -0.05) is 19.1 Å². The second-order valence-corrected chi connectivity index (χ2v) is 8.39. The van der Waals surface area contributed by atoms with Crippen LogP contribution in [-0.2, 0) is 16.4 Å². The minimum atomic E-state index is -3.39. The maximum Gasteiger partial charge on any atom is 0.243 e. The van der Waals surface area contributed by atoms with Gasteiger partial charge in [0.2, 0.25) is 10.0 Å². The molecule has 0 heterocycles. The molecule has 21 heavy (non-hydrogen) atoms. The number of alkyl halides is 1. The average Bonchev–Trinajstić information content (AvgIpc) is 2.48. The predicted octanol–water partition coefficient (Wildman–Crippen LogP) is 3.67. The van der Waals surface area contributed by atoms with Crippen molar-refractivity contribution in [3.63, 3.8) is 0 Å². The zero-order valence-electron chi connectivity index (χ0n) is 12.8. The van der Waals surface area contributed by atoms with Crippen LogP contribution < -0.4 is 0 Å². The van der Waals surface area contributed by atoms with Gasteiger partial charge in [-0.2, -0.15) is 4.31 Å². The van der Waals surface area contributed by atoms with Crippen LogP contribution in [0.15, 0.2) is 29.2 Å². The molecule has 1 aliphatic carbocycles. The van der Waals surface area contributed by atoms with Crippen LogP contribution in [0.4, 0.5) is 0 Å². The third-order valence-corrected chi connectivity index (χ3v) is 6.60. The number of sulfonamides is 1. The molecule has 0 spiro atoms. The van der Waals surface area contributed by atoms with Crippen LogP contribution >= 0.6 is 11.6 Å². The van der Waals surface area contributed by atoms with Crippen LogP contribution in [0, 0.1) is 5.92 Å². The highest BCUT2D eigenvalue weighted by Gasteiger charge is 2.30. The lowest BCUT2D eigenvalue weighted by Crippen LogP contribution is -2.39. The number of halogens is 1. The van der Waals surface area contributed by atoms with Gasteiger partial charge in [0.25, 0.3) is 0 Å². The van der Waals surface area contributed by atoms with Crippen LogP contribution in [-0.4, -0.2) is 31.7 Å². The SMILES string of the molecule is CC1CCC(N(C)S(=O)(=O)c2ccc(CCCl)cc2)CC1. The van der Waals surface area contributed by atoms with E-state index in [1.165, 1.54) is 0 Å². The number of nitrogens with zero attached hydrogens (tertiary/aromatic N) is 1. The van der Waals surface area contributed by atoms with E-state index in [-0.39, 0.29) is 6.04 Å². The number of benzene rings is 1. The van der Waals surface area contributed by atoms with Crippen molar-refractivity contribution in [1.29, 1.82) is 0 Å². The molecule has 1 aromatic rings. The summed E-state index contributed by atoms with van der Waals surface area (Å²) in [4.78, 5) is 0.377. The lowest BCUT2D eigenvalue weighted by Gasteiger charge is -2.32. The molecule has 0 N–H and O–H groups in total. The quantitative estimate of drug-likeness (QED) is 0.773. The Kier molecular flexibility index (Phi) is 5.69. The molecule has 0 bridgehead atoms. The van der Waals surface area contributed by atoms with Crippen molar-refractivity contribution in [2.75, 3.05) is 12.9 Å². The Hall–Kier alpha value is -0.580. The summed E-state index contributed by atoms with van der Waals surface area (Å²) in [6, 6.07) is 7.23. The smallest absolute Gasteiger partial charge is 0.207 e. The molecule has 0 radical (unpaired) electrons. The Morgan fingerprint density at radius 1 is 1.14 bits per heavy atom. The molecule has 0 atom stereocenters. The van der Waals surface area contributed by atoms with Gasteiger partial charge in [0.15, 0.2) is 0 Å². The highest BCUT2D eigenvalue weighted by Crippen LogP contribution is 2.29. The van der Waals surface area contributed by atoms with Crippen molar-refractivity contribution in [3.05, 3.63) is 29.8 Å². The number of hydrogen-bond acceptors (Lipinski definition) is 2. The zero-order valence-corrected chi connectivity index (χ0v) is 14.3. The Labute approximate surface area is 133 Å². The van der Waals surface area contributed by atoms with Crippen LogP contribution in [0.5, 0.6) is 0 Å². The standard InChI is InChI=1S/C16H24ClNO2S/c1-13-3-7-15(8-4-13)18(2)21(19,20)16-9-5-14(6-10-16)11-12-17/h5-6,9-10,13,15H,3-4,7-8,11-12H2,1-2H3. The van der Waals surface area contributed by atoms with Crippen LogP contribution in [0.2, 0.25) is 0 Å². The summed E-state index contributed by atoms with van der Waals surface area (Å²) < 4.78 is 26.9. The van der Waals surface area contributed by atoms with Crippen molar-refractivity contribution in [2.45, 2.75) is 50.0 Å². The molecule has 2 rings (SSSR count). The van der Waals surface area contributed by atoms with E-state index in [0.717, 1.165) is 37.7 Å². The molecule has 1 saturated carbocycles. The normalized spacial score (nSPS) is 23.4. The van der Waals surface area contributed by atoms with Crippen LogP contribution in [0.25, 0.3) is 0 Å². The number of hydrogen-bond donors (Lipinski definition) is 0. The fraction of sp³-hybridized carbons (Fsp3) is 0.625. The minimum absolute atomic E-state index is 0.133. The first-order valence-electron chi connectivity index (χ1n) is 7.58. The maximum absolute atomic E-state index is 12.7. The lowest BCUT2D eigenvalue weighted by molar-refractivity contribution is 0.246. The Morgan fingerprint density at radius 2 is 1.71 bits per heavy atom. The van der Waals surface area contributed by atoms with E-state index in [1.807, 2.05) is 12.1 Å². The molecule has 0 amide bonds. The summed E-state index contributed by atoms with van der Waals surface area (Å²) in [7, 11) is -1.68. The fourth-order valence-electron chi connectivity index (χ4n) is 2.91. The molecule has 1 aliphatic rings. The van der Waals surface area contributed by atoms with Gasteiger partial charge in [0.05, 0.1) is 4.90 Å². The zero-order chi connectivity index (χ0) is 15.5. The molecule has 3 nitrogen and oxygen atoms in total. The molecule has 0 saturated heterocycles. The van der Waals surface area contributed by atoms with Gasteiger partial charge in [-0.05, 0) is 55.7 Å². The van der Waals surface area contributed by atoms with E-state index < -0.39 is 10.0 Å². The van der Waals surface area contributed by atoms with Crippen molar-refractivity contribution in [1.82, 2.24) is 4.31 Å². The summed E-state index contributed by atoms with van der Waals surface area (Å²) in [5, 5.41) is 0. The molecule has 0 aromatic heterocycles. The number of rotatable bonds is 5. The first kappa shape index (κ1) is 16.8. The average molecular weight is 330 g/mol. The van der Waals surface area contributed by atoms with Crippen LogP contribution in [0.3, 0.4) is 0 Å². The van der Waals surface area contributed by atoms with Gasteiger partial charge < -0.3 is 0 Å². The number of aryl methyl sites for hydroxylation is 1. The molecular weight excluding hydrogens is 306 g/mol. The molecule has 1 aromatic carbocycles. The van der Waals surface area contributed by atoms with Crippen LogP contribution in [0.1, 0.15) is 38.2 Å². The van der Waals surface area contributed by atoms with Gasteiger partial charge in [0, 0.05) is 19.0 Å². The highest BCUT2D eigenvalue weighted by atomic mass is 35.5. The second-order valence-electron chi connectivity index (χ2n) is 6.02. The third kappa shape index (κ3) is 3.99. The first-order chi connectivity index (χ1) is 9.95. The van der Waals surface area contributed by atoms with E-state index in [2.05, 4.69) is 6.92 Å². The van der Waals surface area contributed by atoms with Crippen molar-refractivity contribution in [3.8, 4) is 0 Å². The lowest BCUT2D eigenvalue weighted by atomic mass is 9.87. The van der Waals surface area contributed by atoms with Gasteiger partial charge in [0.1, 0.15) is 0 Å². The van der Waals surface area contributed by atoms with E-state index in [4.69, 9.17) is 11.6 Å². The van der Waals surface area contributed by atoms with Crippen molar-refractivity contribution < 1.29 is 8.42 Å². The molecular formula is C16H24ClNO2S. The van der Waals surface area contributed by atoms with E-state index in [9.17, 15) is 8.42 Å². The molecule has 0 aliphatic heterocycles. The van der Waals surface area contributed by atoms with Gasteiger partial charge >= 0.3 is 0 Å². The second kappa shape index (κ2) is 7.12. The van der Waals surface area contributed by atoms with Crippen molar-refractivity contribution in [2.24, 2.45) is 5.92 Å². The largest absolute Gasteiger partial charge is 0.243 e. The maximum atomic E-state index is 12.7. The highest BCUT2D eigenvalue weighted by molar-refractivity contribution is 7.89. The first-order valence-corrected chi connectivity index (χ1v) is 9.55. The van der Waals surface area contributed by atoms with E-state index in [1.54, 1.807) is 23.5 Å². The molecule has 118 valence electrons. The summed E-state index contributed by atoms with van der Waals surface area (Å²) in [6.45, 7) is 2.24. The Morgan fingerprint density at radius 3 is 2.24 bits per heavy atom. The van der Waals surface area contributed by atoms with Gasteiger partial charge in [-0.25, -0.2) is 8.42 Å². The molecule has 5 heteroatoms. The van der Waals surface area contributed by atoms with E-state index in [0.29, 0.717) is 16.7 Å². The Bertz CT molecular complexity index is 548. The third-order valence-electron chi connectivity index (χ3n) is 4.48. The van der Waals surface area contributed by atoms with Crippen molar-refractivity contribution >= 4 is 21.6 Å². The summed E-state index contributed by atoms with van der Waals surface area (Å²) in [6.07, 6.45) is 4.90. The fourth-order valence-corrected chi connectivity index (χ4v) is 4.54. The monoisotopic (exact) mass is 329 g/mol. The summed E-state index contributed by atoms with van der Waals surface area (Å²) in [5.41, 5.74) is 1.07.